The van der Waals surface area contributed by atoms with Crippen LogP contribution in [0.3, 0.4) is 0 Å². The molecular formula is C14H14Cl2N2O. The van der Waals surface area contributed by atoms with Crippen LogP contribution < -0.4 is 10.1 Å². The van der Waals surface area contributed by atoms with Crippen LogP contribution in [0.5, 0.6) is 11.6 Å². The second-order valence-corrected chi connectivity index (χ2v) is 4.76. The number of halogens is 2. The minimum Gasteiger partial charge on any atom is -0.439 e. The summed E-state index contributed by atoms with van der Waals surface area (Å²) in [6, 6.07) is 10.7. The molecule has 1 aromatic carbocycles. The summed E-state index contributed by atoms with van der Waals surface area (Å²) in [6.07, 6.45) is 0. The number of ether oxygens (including phenoxy) is 1. The smallest absolute Gasteiger partial charge is 0.219 e. The summed E-state index contributed by atoms with van der Waals surface area (Å²) >= 11 is 11.9. The summed E-state index contributed by atoms with van der Waals surface area (Å²) in [4.78, 5) is 4.38. The van der Waals surface area contributed by atoms with Gasteiger partial charge in [0.2, 0.25) is 5.88 Å². The van der Waals surface area contributed by atoms with Gasteiger partial charge < -0.3 is 10.1 Å². The molecule has 0 amide bonds. The zero-order valence-corrected chi connectivity index (χ0v) is 12.0. The fraction of sp³-hybridized carbons (Fsp3) is 0.214. The Morgan fingerprint density at radius 3 is 2.53 bits per heavy atom. The summed E-state index contributed by atoms with van der Waals surface area (Å²) in [6.45, 7) is 3.51. The fourth-order valence-electron chi connectivity index (χ4n) is 1.51. The van der Waals surface area contributed by atoms with Crippen molar-refractivity contribution in [2.24, 2.45) is 0 Å². The number of benzene rings is 1. The summed E-state index contributed by atoms with van der Waals surface area (Å²) in [5.41, 5.74) is 0.773. The van der Waals surface area contributed by atoms with Crippen LogP contribution in [-0.2, 0) is 6.54 Å². The molecule has 0 atom stereocenters. The molecule has 1 heterocycles. The highest BCUT2D eigenvalue weighted by Gasteiger charge is 2.05. The van der Waals surface area contributed by atoms with Crippen molar-refractivity contribution in [2.45, 2.75) is 13.5 Å². The quantitative estimate of drug-likeness (QED) is 0.894. The minimum absolute atomic E-state index is 0.514. The van der Waals surface area contributed by atoms with Crippen LogP contribution in [0, 0.1) is 0 Å². The summed E-state index contributed by atoms with van der Waals surface area (Å²) in [7, 11) is 0. The molecule has 0 unspecified atom stereocenters. The van der Waals surface area contributed by atoms with Crippen LogP contribution in [0.25, 0.3) is 0 Å². The molecule has 2 rings (SSSR count). The molecule has 0 fully saturated rings. The summed E-state index contributed by atoms with van der Waals surface area (Å²) < 4.78 is 5.65. The van der Waals surface area contributed by atoms with E-state index in [2.05, 4.69) is 10.3 Å². The number of nitrogens with one attached hydrogen (secondary N) is 1. The van der Waals surface area contributed by atoms with E-state index in [1.54, 1.807) is 36.4 Å². The third-order valence-electron chi connectivity index (χ3n) is 2.47. The van der Waals surface area contributed by atoms with Crippen LogP contribution in [-0.4, -0.2) is 11.5 Å². The average molecular weight is 297 g/mol. The van der Waals surface area contributed by atoms with Gasteiger partial charge in [-0.1, -0.05) is 30.1 Å². The lowest BCUT2D eigenvalue weighted by atomic mass is 10.3. The predicted molar refractivity (Wildman–Crippen MR) is 78.2 cm³/mol. The average Bonchev–Trinajstić information content (AvgIpc) is 2.42. The Labute approximate surface area is 122 Å². The highest BCUT2D eigenvalue weighted by atomic mass is 35.5. The molecule has 5 heteroatoms. The maximum absolute atomic E-state index is 6.08. The van der Waals surface area contributed by atoms with E-state index in [9.17, 15) is 0 Å². The van der Waals surface area contributed by atoms with Gasteiger partial charge >= 0.3 is 0 Å². The number of nitrogens with zero attached hydrogens (tertiary/aromatic N) is 1. The van der Waals surface area contributed by atoms with E-state index >= 15 is 0 Å². The first-order valence-electron chi connectivity index (χ1n) is 5.98. The van der Waals surface area contributed by atoms with Crippen LogP contribution in [0.15, 0.2) is 36.4 Å². The van der Waals surface area contributed by atoms with Crippen molar-refractivity contribution in [1.29, 1.82) is 0 Å². The van der Waals surface area contributed by atoms with Gasteiger partial charge in [-0.2, -0.15) is 0 Å². The van der Waals surface area contributed by atoms with Crippen LogP contribution >= 0.6 is 23.2 Å². The van der Waals surface area contributed by atoms with E-state index < -0.39 is 0 Å². The first kappa shape index (κ1) is 14.1. The molecule has 100 valence electrons. The van der Waals surface area contributed by atoms with Crippen molar-refractivity contribution in [3.05, 3.63) is 52.1 Å². The summed E-state index contributed by atoms with van der Waals surface area (Å²) in [5, 5.41) is 4.48. The molecule has 0 aliphatic rings. The van der Waals surface area contributed by atoms with E-state index in [1.165, 1.54) is 0 Å². The van der Waals surface area contributed by atoms with Crippen molar-refractivity contribution in [3.63, 3.8) is 0 Å². The number of pyridine rings is 1. The Hall–Kier alpha value is -1.29. The highest BCUT2D eigenvalue weighted by Crippen LogP contribution is 2.24. The molecule has 3 nitrogen and oxygen atoms in total. The van der Waals surface area contributed by atoms with Crippen molar-refractivity contribution in [1.82, 2.24) is 10.3 Å². The molecule has 0 bridgehead atoms. The lowest BCUT2D eigenvalue weighted by Crippen LogP contribution is -2.13. The lowest BCUT2D eigenvalue weighted by molar-refractivity contribution is 0.459. The molecule has 1 N–H and O–H groups in total. The second kappa shape index (κ2) is 6.75. The minimum atomic E-state index is 0.514. The summed E-state index contributed by atoms with van der Waals surface area (Å²) in [5.74, 6) is 1.20. The number of rotatable bonds is 5. The molecule has 0 saturated carbocycles. The zero-order valence-electron chi connectivity index (χ0n) is 10.5. The van der Waals surface area contributed by atoms with Gasteiger partial charge in [0.1, 0.15) is 5.75 Å². The molecule has 0 aliphatic heterocycles. The SMILES string of the molecule is CCNCc1nc(Oc2ccc(Cl)cc2)ccc1Cl. The Balaban J connectivity index is 2.14. The second-order valence-electron chi connectivity index (χ2n) is 3.91. The third-order valence-corrected chi connectivity index (χ3v) is 3.07. The topological polar surface area (TPSA) is 34.2 Å². The molecule has 0 aliphatic carbocycles. The highest BCUT2D eigenvalue weighted by molar-refractivity contribution is 6.31. The van der Waals surface area contributed by atoms with Gasteiger partial charge in [0.15, 0.2) is 0 Å². The molecule has 0 radical (unpaired) electrons. The maximum Gasteiger partial charge on any atom is 0.219 e. The van der Waals surface area contributed by atoms with E-state index in [0.29, 0.717) is 28.2 Å². The van der Waals surface area contributed by atoms with Gasteiger partial charge in [-0.25, -0.2) is 4.98 Å². The van der Waals surface area contributed by atoms with Crippen molar-refractivity contribution < 1.29 is 4.74 Å². The largest absolute Gasteiger partial charge is 0.439 e. The molecule has 1 aromatic heterocycles. The van der Waals surface area contributed by atoms with E-state index in [4.69, 9.17) is 27.9 Å². The molecular weight excluding hydrogens is 283 g/mol. The van der Waals surface area contributed by atoms with Crippen molar-refractivity contribution in [3.8, 4) is 11.6 Å². The molecule has 2 aromatic rings. The van der Waals surface area contributed by atoms with E-state index in [1.807, 2.05) is 6.92 Å². The van der Waals surface area contributed by atoms with E-state index in [-0.39, 0.29) is 0 Å². The monoisotopic (exact) mass is 296 g/mol. The van der Waals surface area contributed by atoms with Gasteiger partial charge in [-0.3, -0.25) is 0 Å². The Bertz CT molecular complexity index is 544. The van der Waals surface area contributed by atoms with Crippen molar-refractivity contribution >= 4 is 23.2 Å². The van der Waals surface area contributed by atoms with Crippen molar-refractivity contribution in [2.75, 3.05) is 6.54 Å². The van der Waals surface area contributed by atoms with Crippen LogP contribution in [0.2, 0.25) is 10.0 Å². The van der Waals surface area contributed by atoms with E-state index in [0.717, 1.165) is 12.2 Å². The molecule has 0 spiro atoms. The first-order valence-corrected chi connectivity index (χ1v) is 6.74. The number of hydrogen-bond acceptors (Lipinski definition) is 3. The first-order chi connectivity index (χ1) is 9.19. The predicted octanol–water partition coefficient (Wildman–Crippen LogP) is 4.29. The molecule has 19 heavy (non-hydrogen) atoms. The van der Waals surface area contributed by atoms with Gasteiger partial charge in [0.05, 0.1) is 10.7 Å². The van der Waals surface area contributed by atoms with Gasteiger partial charge in [0, 0.05) is 17.6 Å². The van der Waals surface area contributed by atoms with Gasteiger partial charge in [-0.05, 0) is 36.9 Å². The lowest BCUT2D eigenvalue weighted by Gasteiger charge is -2.08. The normalized spacial score (nSPS) is 10.5. The fourth-order valence-corrected chi connectivity index (χ4v) is 1.81. The zero-order chi connectivity index (χ0) is 13.7. The number of aromatic nitrogens is 1. The number of hydrogen-bond donors (Lipinski definition) is 1. The maximum atomic E-state index is 6.08. The Kier molecular flexibility index (Phi) is 5.02. The van der Waals surface area contributed by atoms with Crippen LogP contribution in [0.1, 0.15) is 12.6 Å². The Morgan fingerprint density at radius 2 is 1.84 bits per heavy atom. The van der Waals surface area contributed by atoms with Crippen LogP contribution in [0.4, 0.5) is 0 Å². The third kappa shape index (κ3) is 4.10. The Morgan fingerprint density at radius 1 is 1.11 bits per heavy atom. The van der Waals surface area contributed by atoms with Gasteiger partial charge in [0.25, 0.3) is 0 Å². The van der Waals surface area contributed by atoms with Gasteiger partial charge in [-0.15, -0.1) is 0 Å². The standard InChI is InChI=1S/C14H14Cl2N2O/c1-2-17-9-13-12(16)7-8-14(18-13)19-11-5-3-10(15)4-6-11/h3-8,17H,2,9H2,1H3. The molecule has 0 saturated heterocycles.